The molecule has 4 fully saturated rings. The average Bonchev–Trinajstić information content (AvgIpc) is 2.32. The van der Waals surface area contributed by atoms with Gasteiger partial charge in [-0.3, -0.25) is 9.59 Å². The van der Waals surface area contributed by atoms with Crippen molar-refractivity contribution in [3.05, 3.63) is 0 Å². The van der Waals surface area contributed by atoms with E-state index in [1.165, 1.54) is 19.3 Å². The molecular weight excluding hydrogens is 308 g/mol. The molecule has 0 N–H and O–H groups in total. The topological polar surface area (TPSA) is 101 Å². The molecule has 0 atom stereocenters. The first-order valence-corrected chi connectivity index (χ1v) is 9.42. The van der Waals surface area contributed by atoms with Crippen molar-refractivity contribution in [2.24, 2.45) is 23.2 Å². The van der Waals surface area contributed by atoms with Gasteiger partial charge in [-0.25, -0.2) is 8.42 Å². The van der Waals surface area contributed by atoms with Crippen molar-refractivity contribution in [1.29, 1.82) is 0 Å². The average molecular weight is 329 g/mol. The third kappa shape index (κ3) is 3.68. The quantitative estimate of drug-likeness (QED) is 0.413. The zero-order valence-electron chi connectivity index (χ0n) is 12.5. The van der Waals surface area contributed by atoms with Crippen LogP contribution in [0.3, 0.4) is 0 Å². The van der Waals surface area contributed by atoms with E-state index in [1.807, 2.05) is 0 Å². The third-order valence-corrected chi connectivity index (χ3v) is 6.06. The van der Waals surface area contributed by atoms with E-state index in [1.54, 1.807) is 0 Å². The highest BCUT2D eigenvalue weighted by Gasteiger charge is 2.51. The van der Waals surface area contributed by atoms with Crippen molar-refractivity contribution in [3.63, 3.8) is 0 Å². The van der Waals surface area contributed by atoms with E-state index >= 15 is 0 Å². The van der Waals surface area contributed by atoms with Gasteiger partial charge in [0.1, 0.15) is 16.5 Å². The summed E-state index contributed by atoms with van der Waals surface area (Å²) in [5, 5.41) is 0. The molecule has 0 aromatic carbocycles. The molecule has 4 bridgehead atoms. The molecule has 124 valence electrons. The number of hydrogen-bond donors (Lipinski definition) is 0. The van der Waals surface area contributed by atoms with Gasteiger partial charge in [-0.1, -0.05) is 0 Å². The maximum Gasteiger partial charge on any atom is 0.313 e. The van der Waals surface area contributed by atoms with Crippen LogP contribution < -0.4 is 0 Å². The lowest BCUT2D eigenvalue weighted by Crippen LogP contribution is -2.48. The molecule has 0 aliphatic heterocycles. The van der Waals surface area contributed by atoms with E-state index in [2.05, 4.69) is 0 Å². The molecule has 0 radical (unpaired) electrons. The van der Waals surface area contributed by atoms with Gasteiger partial charge in [0.15, 0.2) is 5.78 Å². The predicted molar refractivity (Wildman–Crippen MR) is 75.8 cm³/mol. The summed E-state index contributed by atoms with van der Waals surface area (Å²) >= 11 is 0. The van der Waals surface area contributed by atoms with Gasteiger partial charge in [0.05, 0.1) is 12.4 Å². The Morgan fingerprint density at radius 2 is 1.55 bits per heavy atom. The Morgan fingerprint density at radius 3 is 2.00 bits per heavy atom. The molecule has 0 heterocycles. The fraction of sp³-hybridized carbons (Fsp3) is 0.867. The molecule has 4 aliphatic rings. The molecule has 22 heavy (non-hydrogen) atoms. The Balaban J connectivity index is 1.50. The highest BCUT2D eigenvalue weighted by molar-refractivity contribution is 7.86. The number of ketones is 1. The van der Waals surface area contributed by atoms with Crippen LogP contribution in [0.1, 0.15) is 44.9 Å². The maximum absolute atomic E-state index is 11.7. The van der Waals surface area contributed by atoms with Gasteiger partial charge < -0.3 is 9.29 Å². The highest BCUT2D eigenvalue weighted by atomic mass is 32.2. The van der Waals surface area contributed by atoms with Gasteiger partial charge >= 0.3 is 5.97 Å². The van der Waals surface area contributed by atoms with Crippen molar-refractivity contribution in [2.75, 3.05) is 12.4 Å². The van der Waals surface area contributed by atoms with E-state index in [-0.39, 0.29) is 5.41 Å². The molecule has 4 aliphatic carbocycles. The van der Waals surface area contributed by atoms with Gasteiger partial charge in [-0.15, -0.1) is 0 Å². The molecule has 0 amide bonds. The monoisotopic (exact) mass is 329 g/mol. The lowest BCUT2D eigenvalue weighted by atomic mass is 9.50. The number of carbonyl (C=O) groups excluding carboxylic acids is 2. The second kappa shape index (κ2) is 5.60. The molecule has 0 unspecified atom stereocenters. The summed E-state index contributed by atoms with van der Waals surface area (Å²) in [5.41, 5.74) is 0.0675. The predicted octanol–water partition coefficient (Wildman–Crippen LogP) is 1.25. The standard InChI is InChI=1S/C15H22O6S/c16-13(8-22(18,19)20)4-14(17)21-9-15-5-10-1-11(6-15)3-12(2-10)7-15/h10-12H,1-9H2,(H,18,19,20)/p-1. The second-order valence-electron chi connectivity index (χ2n) is 7.50. The highest BCUT2D eigenvalue weighted by Crippen LogP contribution is 2.60. The van der Waals surface area contributed by atoms with Crippen molar-refractivity contribution in [3.8, 4) is 0 Å². The van der Waals surface area contributed by atoms with Crippen molar-refractivity contribution in [1.82, 2.24) is 0 Å². The van der Waals surface area contributed by atoms with E-state index in [0.29, 0.717) is 6.61 Å². The minimum Gasteiger partial charge on any atom is -0.748 e. The summed E-state index contributed by atoms with van der Waals surface area (Å²) in [4.78, 5) is 23.0. The van der Waals surface area contributed by atoms with Gasteiger partial charge in [0, 0.05) is 5.41 Å². The van der Waals surface area contributed by atoms with E-state index < -0.39 is 34.0 Å². The van der Waals surface area contributed by atoms with E-state index in [0.717, 1.165) is 37.0 Å². The van der Waals surface area contributed by atoms with Crippen LogP contribution in [-0.2, 0) is 24.4 Å². The summed E-state index contributed by atoms with van der Waals surface area (Å²) in [6.07, 6.45) is 6.54. The number of hydrogen-bond acceptors (Lipinski definition) is 6. The Hall–Kier alpha value is -0.950. The second-order valence-corrected chi connectivity index (χ2v) is 8.90. The van der Waals surface area contributed by atoms with Crippen molar-refractivity contribution < 1.29 is 27.3 Å². The van der Waals surface area contributed by atoms with Crippen LogP contribution in [0, 0.1) is 23.2 Å². The summed E-state index contributed by atoms with van der Waals surface area (Å²) < 4.78 is 36.7. The molecule has 6 nitrogen and oxygen atoms in total. The van der Waals surface area contributed by atoms with Crippen molar-refractivity contribution in [2.45, 2.75) is 44.9 Å². The largest absolute Gasteiger partial charge is 0.748 e. The molecule has 0 aromatic heterocycles. The summed E-state index contributed by atoms with van der Waals surface area (Å²) in [6, 6.07) is 0. The number of ether oxygens (including phenoxy) is 1. The fourth-order valence-corrected chi connectivity index (χ4v) is 5.66. The maximum atomic E-state index is 11.7. The van der Waals surface area contributed by atoms with Crippen molar-refractivity contribution >= 4 is 21.9 Å². The summed E-state index contributed by atoms with van der Waals surface area (Å²) in [5.74, 6) is -0.513. The van der Waals surface area contributed by atoms with Crippen LogP contribution in [0.15, 0.2) is 0 Å². The van der Waals surface area contributed by atoms with E-state index in [9.17, 15) is 22.6 Å². The Labute approximate surface area is 130 Å². The zero-order chi connectivity index (χ0) is 16.0. The molecule has 4 saturated carbocycles. The Kier molecular flexibility index (Phi) is 4.05. The first-order chi connectivity index (χ1) is 10.2. The Bertz CT molecular complexity index is 544. The number of esters is 1. The van der Waals surface area contributed by atoms with Gasteiger partial charge in [0.2, 0.25) is 0 Å². The third-order valence-electron chi connectivity index (χ3n) is 5.38. The van der Waals surface area contributed by atoms with Crippen LogP contribution in [0.5, 0.6) is 0 Å². The van der Waals surface area contributed by atoms with Crippen LogP contribution >= 0.6 is 0 Å². The first kappa shape index (κ1) is 15.9. The summed E-state index contributed by atoms with van der Waals surface area (Å²) in [6.45, 7) is 0.326. The van der Waals surface area contributed by atoms with Crippen LogP contribution in [-0.4, -0.2) is 37.1 Å². The van der Waals surface area contributed by atoms with Crippen LogP contribution in [0.25, 0.3) is 0 Å². The smallest absolute Gasteiger partial charge is 0.313 e. The van der Waals surface area contributed by atoms with Crippen LogP contribution in [0.2, 0.25) is 0 Å². The van der Waals surface area contributed by atoms with Gasteiger partial charge in [0.25, 0.3) is 0 Å². The number of carbonyl (C=O) groups is 2. The number of Topliss-reactive ketones (excluding diaryl/α,β-unsaturated/α-hetero) is 1. The minimum atomic E-state index is -4.63. The van der Waals surface area contributed by atoms with E-state index in [4.69, 9.17) is 4.74 Å². The molecular formula is C15H21O6S-. The molecule has 0 spiro atoms. The zero-order valence-corrected chi connectivity index (χ0v) is 13.3. The molecule has 0 saturated heterocycles. The normalized spacial score (nSPS) is 36.3. The first-order valence-electron chi connectivity index (χ1n) is 7.84. The molecule has 7 heteroatoms. The SMILES string of the molecule is O=C(CC(=O)OCC12CC3CC(CC(C3)C1)C2)CS(=O)(=O)[O-]. The fourth-order valence-electron chi connectivity index (χ4n) is 5.16. The lowest BCUT2D eigenvalue weighted by Gasteiger charge is -2.56. The molecule has 0 aromatic rings. The Morgan fingerprint density at radius 1 is 1.05 bits per heavy atom. The van der Waals surface area contributed by atoms with Crippen LogP contribution in [0.4, 0.5) is 0 Å². The molecule has 4 rings (SSSR count). The minimum absolute atomic E-state index is 0.0675. The van der Waals surface area contributed by atoms with Gasteiger partial charge in [-0.2, -0.15) is 0 Å². The lowest BCUT2D eigenvalue weighted by molar-refractivity contribution is -0.156. The van der Waals surface area contributed by atoms with Gasteiger partial charge in [-0.05, 0) is 56.3 Å². The summed E-state index contributed by atoms with van der Waals surface area (Å²) in [7, 11) is -4.63. The number of rotatable bonds is 6.